The van der Waals surface area contributed by atoms with E-state index in [9.17, 15) is 4.79 Å². The van der Waals surface area contributed by atoms with E-state index in [-0.39, 0.29) is 18.1 Å². The highest BCUT2D eigenvalue weighted by Crippen LogP contribution is 2.18. The molecule has 0 atom stereocenters. The van der Waals surface area contributed by atoms with Crippen molar-refractivity contribution in [1.82, 2.24) is 5.32 Å². The van der Waals surface area contributed by atoms with Crippen molar-refractivity contribution >= 4 is 5.91 Å². The zero-order valence-corrected chi connectivity index (χ0v) is 6.58. The van der Waals surface area contributed by atoms with Crippen molar-refractivity contribution in [2.24, 2.45) is 0 Å². The summed E-state index contributed by atoms with van der Waals surface area (Å²) in [5, 5.41) is 11.7. The van der Waals surface area contributed by atoms with E-state index >= 15 is 0 Å². The van der Waals surface area contributed by atoms with E-state index in [1.807, 2.05) is 0 Å². The zero-order chi connectivity index (χ0) is 8.27. The Kier molecular flexibility index (Phi) is 2.65. The third-order valence-electron chi connectivity index (χ3n) is 1.78. The van der Waals surface area contributed by atoms with Crippen LogP contribution in [0.15, 0.2) is 12.2 Å². The quantitative estimate of drug-likeness (QED) is 0.560. The van der Waals surface area contributed by atoms with Gasteiger partial charge in [0.05, 0.1) is 6.10 Å². The number of hydrogen-bond acceptors (Lipinski definition) is 2. The number of nitrogens with one attached hydrogen (secondary N) is 1. The molecular formula is C8H13NO2. The lowest BCUT2D eigenvalue weighted by molar-refractivity contribution is -0.118. The summed E-state index contributed by atoms with van der Waals surface area (Å²) in [6.45, 7) is 1.80. The van der Waals surface area contributed by atoms with Gasteiger partial charge in [-0.1, -0.05) is 6.08 Å². The Morgan fingerprint density at radius 2 is 2.27 bits per heavy atom. The fourth-order valence-electron chi connectivity index (χ4n) is 1.11. The molecule has 3 nitrogen and oxygen atoms in total. The van der Waals surface area contributed by atoms with Crippen LogP contribution in [0, 0.1) is 0 Å². The van der Waals surface area contributed by atoms with E-state index in [1.165, 1.54) is 6.08 Å². The fraction of sp³-hybridized carbons (Fsp3) is 0.625. The molecule has 0 saturated heterocycles. The smallest absolute Gasteiger partial charge is 0.243 e. The van der Waals surface area contributed by atoms with Crippen molar-refractivity contribution in [1.29, 1.82) is 0 Å². The maximum absolute atomic E-state index is 10.9. The molecule has 11 heavy (non-hydrogen) atoms. The first-order chi connectivity index (χ1) is 5.22. The van der Waals surface area contributed by atoms with E-state index in [1.54, 1.807) is 13.0 Å². The van der Waals surface area contributed by atoms with E-state index in [4.69, 9.17) is 5.11 Å². The Labute approximate surface area is 66.1 Å². The first-order valence-electron chi connectivity index (χ1n) is 3.83. The molecule has 0 aromatic heterocycles. The molecule has 0 aromatic rings. The third-order valence-corrected chi connectivity index (χ3v) is 1.78. The summed E-state index contributed by atoms with van der Waals surface area (Å²) in [6.07, 6.45) is 4.38. The maximum atomic E-state index is 10.9. The minimum atomic E-state index is -0.203. The Morgan fingerprint density at radius 1 is 1.64 bits per heavy atom. The predicted octanol–water partition coefficient (Wildman–Crippen LogP) is 0.202. The standard InChI is InChI=1S/C8H13NO2/c1-2-3-8(11)9-6-4-7(10)5-6/h2-3,6-7,10H,4-5H2,1H3,(H,9,11). The number of aliphatic hydroxyl groups is 1. The second-order valence-corrected chi connectivity index (χ2v) is 2.83. The highest BCUT2D eigenvalue weighted by molar-refractivity contribution is 5.87. The van der Waals surface area contributed by atoms with E-state index in [0.29, 0.717) is 12.8 Å². The second kappa shape index (κ2) is 3.53. The number of amides is 1. The van der Waals surface area contributed by atoms with Crippen molar-refractivity contribution in [2.45, 2.75) is 31.9 Å². The number of rotatable bonds is 2. The van der Waals surface area contributed by atoms with Gasteiger partial charge in [-0.05, 0) is 25.8 Å². The molecule has 0 aliphatic heterocycles. The monoisotopic (exact) mass is 155 g/mol. The minimum absolute atomic E-state index is 0.0654. The van der Waals surface area contributed by atoms with Crippen molar-refractivity contribution in [3.05, 3.63) is 12.2 Å². The van der Waals surface area contributed by atoms with Gasteiger partial charge in [-0.3, -0.25) is 4.79 Å². The highest BCUT2D eigenvalue weighted by atomic mass is 16.3. The van der Waals surface area contributed by atoms with Crippen LogP contribution in [-0.2, 0) is 4.79 Å². The molecule has 0 bridgehead atoms. The van der Waals surface area contributed by atoms with Gasteiger partial charge in [-0.25, -0.2) is 0 Å². The van der Waals surface area contributed by atoms with Crippen molar-refractivity contribution in [3.8, 4) is 0 Å². The lowest BCUT2D eigenvalue weighted by Crippen LogP contribution is -2.46. The number of carbonyl (C=O) groups is 1. The summed E-state index contributed by atoms with van der Waals surface area (Å²) in [6, 6.07) is 0.189. The minimum Gasteiger partial charge on any atom is -0.393 e. The zero-order valence-electron chi connectivity index (χ0n) is 6.58. The van der Waals surface area contributed by atoms with E-state index in [0.717, 1.165) is 0 Å². The van der Waals surface area contributed by atoms with Gasteiger partial charge in [0.2, 0.25) is 5.91 Å². The van der Waals surface area contributed by atoms with Crippen LogP contribution in [-0.4, -0.2) is 23.2 Å². The molecule has 0 unspecified atom stereocenters. The molecule has 2 N–H and O–H groups in total. The topological polar surface area (TPSA) is 49.3 Å². The fourth-order valence-corrected chi connectivity index (χ4v) is 1.11. The molecule has 0 aromatic carbocycles. The van der Waals surface area contributed by atoms with Gasteiger partial charge in [0.25, 0.3) is 0 Å². The van der Waals surface area contributed by atoms with Gasteiger partial charge in [0, 0.05) is 6.04 Å². The summed E-state index contributed by atoms with van der Waals surface area (Å²) in [5.74, 6) is -0.0654. The molecule has 1 aliphatic rings. The SMILES string of the molecule is CC=CC(=O)NC1CC(O)C1. The molecule has 1 amide bonds. The molecular weight excluding hydrogens is 142 g/mol. The molecule has 1 aliphatic carbocycles. The molecule has 1 saturated carbocycles. The molecule has 0 radical (unpaired) electrons. The van der Waals surface area contributed by atoms with Gasteiger partial charge in [0.15, 0.2) is 0 Å². The van der Waals surface area contributed by atoms with Crippen molar-refractivity contribution in [3.63, 3.8) is 0 Å². The summed E-state index contributed by atoms with van der Waals surface area (Å²) in [4.78, 5) is 10.9. The van der Waals surface area contributed by atoms with Crippen molar-refractivity contribution in [2.75, 3.05) is 0 Å². The number of aliphatic hydroxyl groups excluding tert-OH is 1. The highest BCUT2D eigenvalue weighted by Gasteiger charge is 2.27. The lowest BCUT2D eigenvalue weighted by Gasteiger charge is -2.31. The lowest BCUT2D eigenvalue weighted by atomic mass is 9.89. The van der Waals surface area contributed by atoms with Crippen molar-refractivity contribution < 1.29 is 9.90 Å². The Balaban J connectivity index is 2.17. The van der Waals surface area contributed by atoms with Crippen LogP contribution in [0.4, 0.5) is 0 Å². The van der Waals surface area contributed by atoms with Gasteiger partial charge >= 0.3 is 0 Å². The van der Waals surface area contributed by atoms with Gasteiger partial charge in [-0.15, -0.1) is 0 Å². The predicted molar refractivity (Wildman–Crippen MR) is 42.0 cm³/mol. The van der Waals surface area contributed by atoms with Crippen LogP contribution in [0.25, 0.3) is 0 Å². The van der Waals surface area contributed by atoms with Gasteiger partial charge in [0.1, 0.15) is 0 Å². The molecule has 3 heteroatoms. The van der Waals surface area contributed by atoms with Crippen LogP contribution in [0.2, 0.25) is 0 Å². The number of hydrogen-bond donors (Lipinski definition) is 2. The molecule has 1 rings (SSSR count). The average Bonchev–Trinajstić information content (AvgIpc) is 1.85. The normalized spacial score (nSPS) is 30.0. The summed E-state index contributed by atoms with van der Waals surface area (Å²) in [7, 11) is 0. The van der Waals surface area contributed by atoms with Gasteiger partial charge in [-0.2, -0.15) is 0 Å². The van der Waals surface area contributed by atoms with E-state index in [2.05, 4.69) is 5.32 Å². The Bertz CT molecular complexity index is 171. The molecule has 0 heterocycles. The third kappa shape index (κ3) is 2.35. The largest absolute Gasteiger partial charge is 0.393 e. The van der Waals surface area contributed by atoms with Crippen LogP contribution in [0.5, 0.6) is 0 Å². The number of allylic oxidation sites excluding steroid dienone is 1. The second-order valence-electron chi connectivity index (χ2n) is 2.83. The van der Waals surface area contributed by atoms with Crippen LogP contribution < -0.4 is 5.32 Å². The molecule has 62 valence electrons. The van der Waals surface area contributed by atoms with Gasteiger partial charge < -0.3 is 10.4 Å². The van der Waals surface area contributed by atoms with Crippen LogP contribution >= 0.6 is 0 Å². The Morgan fingerprint density at radius 3 is 2.73 bits per heavy atom. The summed E-state index contributed by atoms with van der Waals surface area (Å²) >= 11 is 0. The first-order valence-corrected chi connectivity index (χ1v) is 3.83. The van der Waals surface area contributed by atoms with Crippen LogP contribution in [0.3, 0.4) is 0 Å². The average molecular weight is 155 g/mol. The number of carbonyl (C=O) groups excluding carboxylic acids is 1. The first kappa shape index (κ1) is 8.27. The summed E-state index contributed by atoms with van der Waals surface area (Å²) < 4.78 is 0. The molecule has 1 fully saturated rings. The van der Waals surface area contributed by atoms with Crippen LogP contribution in [0.1, 0.15) is 19.8 Å². The van der Waals surface area contributed by atoms with E-state index < -0.39 is 0 Å². The Hall–Kier alpha value is -0.830. The maximum Gasteiger partial charge on any atom is 0.243 e. The summed E-state index contributed by atoms with van der Waals surface area (Å²) in [5.41, 5.74) is 0. The molecule has 0 spiro atoms.